The quantitative estimate of drug-likeness (QED) is 0.611. The fraction of sp³-hybridized carbons (Fsp3) is 0.200. The Bertz CT molecular complexity index is 476. The molecule has 5 nitrogen and oxygen atoms in total. The molecule has 1 fully saturated rings. The molecule has 2 heterocycles. The van der Waals surface area contributed by atoms with E-state index in [1.807, 2.05) is 6.07 Å². The van der Waals surface area contributed by atoms with Gasteiger partial charge in [-0.3, -0.25) is 9.59 Å². The Morgan fingerprint density at radius 2 is 2.27 bits per heavy atom. The van der Waals surface area contributed by atoms with E-state index in [1.54, 1.807) is 6.07 Å². The summed E-state index contributed by atoms with van der Waals surface area (Å²) in [7, 11) is 0. The van der Waals surface area contributed by atoms with Gasteiger partial charge in [-0.15, -0.1) is 0 Å². The number of Topliss-reactive ketones (excluding diaryl/α,β-unsaturated/α-hetero) is 1. The number of anilines is 1. The highest BCUT2D eigenvalue weighted by Gasteiger charge is 2.28. The molecule has 1 saturated heterocycles. The third-order valence-electron chi connectivity index (χ3n) is 2.15. The zero-order valence-corrected chi connectivity index (χ0v) is 7.80. The number of amides is 1. The number of carbonyl (C=O) groups excluding carboxylic acids is 2. The summed E-state index contributed by atoms with van der Waals surface area (Å²) < 4.78 is 0. The number of pyridine rings is 1. The normalized spacial score (nSPS) is 15.5. The molecular weight excluding hydrogens is 194 g/mol. The number of hydrogen-bond donors (Lipinski definition) is 0. The number of nitrogens with zero attached hydrogens (tertiary/aromatic N) is 3. The largest absolute Gasteiger partial charge is 0.304 e. The van der Waals surface area contributed by atoms with Crippen LogP contribution in [0.3, 0.4) is 0 Å². The molecule has 1 amide bonds. The average molecular weight is 201 g/mol. The first-order valence-corrected chi connectivity index (χ1v) is 4.39. The van der Waals surface area contributed by atoms with Crippen LogP contribution in [0.25, 0.3) is 0 Å². The molecule has 74 valence electrons. The molecule has 0 spiro atoms. The minimum absolute atomic E-state index is 0.0514. The first-order chi connectivity index (χ1) is 7.20. The molecule has 0 aliphatic carbocycles. The van der Waals surface area contributed by atoms with Crippen molar-refractivity contribution >= 4 is 17.4 Å². The molecule has 2 rings (SSSR count). The van der Waals surface area contributed by atoms with E-state index in [4.69, 9.17) is 5.26 Å². The Hall–Kier alpha value is -2.22. The zero-order chi connectivity index (χ0) is 10.8. The lowest BCUT2D eigenvalue weighted by molar-refractivity contribution is -0.121. The first kappa shape index (κ1) is 9.34. The Morgan fingerprint density at radius 1 is 1.47 bits per heavy atom. The molecule has 0 saturated carbocycles. The number of hydrogen-bond acceptors (Lipinski definition) is 4. The van der Waals surface area contributed by atoms with Crippen molar-refractivity contribution in [2.45, 2.75) is 6.42 Å². The van der Waals surface area contributed by atoms with Gasteiger partial charge in [0, 0.05) is 11.9 Å². The SMILES string of the molecule is N#Cc1cc(N2CC(=O)CC2=O)ccn1. The molecule has 1 aliphatic heterocycles. The van der Waals surface area contributed by atoms with Gasteiger partial charge < -0.3 is 4.90 Å². The molecule has 0 N–H and O–H groups in total. The molecule has 0 atom stereocenters. The van der Waals surface area contributed by atoms with E-state index in [-0.39, 0.29) is 30.3 Å². The average Bonchev–Trinajstić information content (AvgIpc) is 2.58. The van der Waals surface area contributed by atoms with Crippen molar-refractivity contribution in [2.75, 3.05) is 11.4 Å². The van der Waals surface area contributed by atoms with Gasteiger partial charge in [0.05, 0.1) is 13.0 Å². The topological polar surface area (TPSA) is 74.1 Å². The third-order valence-corrected chi connectivity index (χ3v) is 2.15. The lowest BCUT2D eigenvalue weighted by atomic mass is 10.3. The first-order valence-electron chi connectivity index (χ1n) is 4.39. The second-order valence-corrected chi connectivity index (χ2v) is 3.21. The summed E-state index contributed by atoms with van der Waals surface area (Å²) in [6.45, 7) is 0.0910. The van der Waals surface area contributed by atoms with E-state index in [1.165, 1.54) is 17.2 Å². The van der Waals surface area contributed by atoms with Gasteiger partial charge in [0.2, 0.25) is 5.91 Å². The minimum atomic E-state index is -0.227. The van der Waals surface area contributed by atoms with Crippen LogP contribution in [-0.4, -0.2) is 23.2 Å². The van der Waals surface area contributed by atoms with Crippen LogP contribution in [0.5, 0.6) is 0 Å². The predicted octanol–water partition coefficient (Wildman–Crippen LogP) is 0.259. The summed E-state index contributed by atoms with van der Waals surface area (Å²) in [5.74, 6) is -0.328. The Kier molecular flexibility index (Phi) is 2.18. The molecule has 15 heavy (non-hydrogen) atoms. The summed E-state index contributed by atoms with van der Waals surface area (Å²) >= 11 is 0. The van der Waals surface area contributed by atoms with Crippen molar-refractivity contribution in [1.82, 2.24) is 4.98 Å². The van der Waals surface area contributed by atoms with Crippen molar-refractivity contribution in [3.63, 3.8) is 0 Å². The molecule has 0 aromatic carbocycles. The molecule has 1 aliphatic rings. The lowest BCUT2D eigenvalue weighted by Gasteiger charge is -2.13. The van der Waals surface area contributed by atoms with Gasteiger partial charge in [0.1, 0.15) is 11.8 Å². The fourth-order valence-electron chi connectivity index (χ4n) is 1.47. The number of ketones is 1. The van der Waals surface area contributed by atoms with Crippen molar-refractivity contribution in [3.8, 4) is 6.07 Å². The van der Waals surface area contributed by atoms with Crippen molar-refractivity contribution < 1.29 is 9.59 Å². The number of nitriles is 1. The highest BCUT2D eigenvalue weighted by Crippen LogP contribution is 2.19. The maximum absolute atomic E-state index is 11.4. The summed E-state index contributed by atoms with van der Waals surface area (Å²) in [6.07, 6.45) is 1.40. The number of carbonyl (C=O) groups is 2. The molecule has 0 radical (unpaired) electrons. The second-order valence-electron chi connectivity index (χ2n) is 3.21. The maximum Gasteiger partial charge on any atom is 0.234 e. The highest BCUT2D eigenvalue weighted by atomic mass is 16.2. The van der Waals surface area contributed by atoms with E-state index in [0.29, 0.717) is 5.69 Å². The standard InChI is InChI=1S/C10H7N3O2/c11-5-7-3-8(1-2-12-7)13-6-9(14)4-10(13)15/h1-3H,4,6H2. The van der Waals surface area contributed by atoms with Gasteiger partial charge in [-0.25, -0.2) is 4.98 Å². The lowest BCUT2D eigenvalue weighted by Crippen LogP contribution is -2.24. The smallest absolute Gasteiger partial charge is 0.234 e. The summed E-state index contributed by atoms with van der Waals surface area (Å²) in [5, 5.41) is 8.64. The van der Waals surface area contributed by atoms with Crippen LogP contribution in [0.15, 0.2) is 18.3 Å². The van der Waals surface area contributed by atoms with Crippen LogP contribution in [0.1, 0.15) is 12.1 Å². The van der Waals surface area contributed by atoms with Gasteiger partial charge in [0.15, 0.2) is 5.78 Å². The van der Waals surface area contributed by atoms with Crippen LogP contribution in [0, 0.1) is 11.3 Å². The van der Waals surface area contributed by atoms with Gasteiger partial charge in [-0.1, -0.05) is 0 Å². The van der Waals surface area contributed by atoms with Crippen molar-refractivity contribution in [3.05, 3.63) is 24.0 Å². The number of rotatable bonds is 1. The molecule has 0 unspecified atom stereocenters. The maximum atomic E-state index is 11.4. The highest BCUT2D eigenvalue weighted by molar-refractivity contribution is 6.15. The second kappa shape index (κ2) is 3.50. The zero-order valence-electron chi connectivity index (χ0n) is 7.80. The molecule has 1 aromatic rings. The van der Waals surface area contributed by atoms with Crippen LogP contribution in [-0.2, 0) is 9.59 Å². The van der Waals surface area contributed by atoms with Crippen molar-refractivity contribution in [1.29, 1.82) is 5.26 Å². The van der Waals surface area contributed by atoms with Gasteiger partial charge in [-0.2, -0.15) is 5.26 Å². The van der Waals surface area contributed by atoms with Crippen LogP contribution < -0.4 is 4.90 Å². The van der Waals surface area contributed by atoms with Crippen LogP contribution in [0.4, 0.5) is 5.69 Å². The van der Waals surface area contributed by atoms with E-state index in [2.05, 4.69) is 4.98 Å². The van der Waals surface area contributed by atoms with E-state index in [9.17, 15) is 9.59 Å². The summed E-state index contributed by atoms with van der Waals surface area (Å²) in [4.78, 5) is 27.6. The van der Waals surface area contributed by atoms with E-state index >= 15 is 0 Å². The minimum Gasteiger partial charge on any atom is -0.304 e. The Labute approximate surface area is 85.9 Å². The van der Waals surface area contributed by atoms with Crippen LogP contribution >= 0.6 is 0 Å². The monoisotopic (exact) mass is 201 g/mol. The van der Waals surface area contributed by atoms with Gasteiger partial charge in [0.25, 0.3) is 0 Å². The molecule has 0 bridgehead atoms. The van der Waals surface area contributed by atoms with E-state index in [0.717, 1.165) is 0 Å². The third kappa shape index (κ3) is 1.70. The predicted molar refractivity (Wildman–Crippen MR) is 50.9 cm³/mol. The fourth-order valence-corrected chi connectivity index (χ4v) is 1.47. The van der Waals surface area contributed by atoms with E-state index < -0.39 is 0 Å². The summed E-state index contributed by atoms with van der Waals surface area (Å²) in [6, 6.07) is 4.99. The molecule has 1 aromatic heterocycles. The Balaban J connectivity index is 2.34. The summed E-state index contributed by atoms with van der Waals surface area (Å²) in [5.41, 5.74) is 0.789. The number of aromatic nitrogens is 1. The van der Waals surface area contributed by atoms with Gasteiger partial charge in [-0.05, 0) is 12.1 Å². The van der Waals surface area contributed by atoms with Crippen molar-refractivity contribution in [2.24, 2.45) is 0 Å². The molecular formula is C10H7N3O2. The Morgan fingerprint density at radius 3 is 2.87 bits per heavy atom. The molecule has 5 heteroatoms. The van der Waals surface area contributed by atoms with Crippen LogP contribution in [0.2, 0.25) is 0 Å². The van der Waals surface area contributed by atoms with Gasteiger partial charge >= 0.3 is 0 Å².